The lowest BCUT2D eigenvalue weighted by atomic mass is 10.0. The van der Waals surface area contributed by atoms with Crippen LogP contribution in [0.4, 0.5) is 5.69 Å². The summed E-state index contributed by atoms with van der Waals surface area (Å²) in [5, 5.41) is 2.94. The summed E-state index contributed by atoms with van der Waals surface area (Å²) in [4.78, 5) is 12.9. The van der Waals surface area contributed by atoms with Gasteiger partial charge in [0.25, 0.3) is 0 Å². The second-order valence-electron chi connectivity index (χ2n) is 6.24. The van der Waals surface area contributed by atoms with E-state index in [2.05, 4.69) is 5.32 Å². The number of carbonyl (C=O) groups is 1. The number of hydrogen-bond donors (Lipinski definition) is 1. The highest BCUT2D eigenvalue weighted by Gasteiger charge is 2.19. The molecule has 0 saturated carbocycles. The lowest BCUT2D eigenvalue weighted by Gasteiger charge is -2.20. The molecule has 3 rings (SSSR count). The topological polar surface area (TPSA) is 61.7 Å². The zero-order valence-electron chi connectivity index (χ0n) is 16.2. The SMILES string of the molecule is COc1cccc([C@@H](CC(=O)Nc2cc(OC)ccc2OC)n2cccc2)c1. The summed E-state index contributed by atoms with van der Waals surface area (Å²) in [5.41, 5.74) is 1.56. The van der Waals surface area contributed by atoms with Crippen molar-refractivity contribution in [2.24, 2.45) is 0 Å². The molecule has 0 fully saturated rings. The van der Waals surface area contributed by atoms with E-state index in [0.29, 0.717) is 17.2 Å². The molecule has 0 aliphatic rings. The molecule has 28 heavy (non-hydrogen) atoms. The molecule has 0 saturated heterocycles. The highest BCUT2D eigenvalue weighted by Crippen LogP contribution is 2.30. The molecule has 3 aromatic rings. The number of nitrogens with one attached hydrogen (secondary N) is 1. The van der Waals surface area contributed by atoms with Crippen LogP contribution < -0.4 is 19.5 Å². The highest BCUT2D eigenvalue weighted by molar-refractivity contribution is 5.93. The van der Waals surface area contributed by atoms with Gasteiger partial charge in [0.1, 0.15) is 17.2 Å². The summed E-state index contributed by atoms with van der Waals surface area (Å²) in [5.74, 6) is 1.84. The van der Waals surface area contributed by atoms with Gasteiger partial charge in [0.05, 0.1) is 39.5 Å². The van der Waals surface area contributed by atoms with Crippen molar-refractivity contribution in [2.45, 2.75) is 12.5 Å². The number of benzene rings is 2. The first-order valence-corrected chi connectivity index (χ1v) is 8.93. The molecule has 146 valence electrons. The summed E-state index contributed by atoms with van der Waals surface area (Å²) in [6, 6.07) is 16.8. The normalized spacial score (nSPS) is 11.5. The first-order valence-electron chi connectivity index (χ1n) is 8.93. The first-order chi connectivity index (χ1) is 13.6. The minimum absolute atomic E-state index is 0.131. The molecular formula is C22H24N2O4. The molecule has 0 bridgehead atoms. The maximum atomic E-state index is 12.9. The molecule has 6 nitrogen and oxygen atoms in total. The van der Waals surface area contributed by atoms with Gasteiger partial charge in [-0.15, -0.1) is 0 Å². The molecule has 1 atom stereocenters. The molecule has 0 unspecified atom stereocenters. The van der Waals surface area contributed by atoms with Crippen molar-refractivity contribution >= 4 is 11.6 Å². The van der Waals surface area contributed by atoms with Crippen molar-refractivity contribution in [2.75, 3.05) is 26.6 Å². The van der Waals surface area contributed by atoms with Gasteiger partial charge in [-0.25, -0.2) is 0 Å². The van der Waals surface area contributed by atoms with Crippen molar-refractivity contribution < 1.29 is 19.0 Å². The van der Waals surface area contributed by atoms with Crippen molar-refractivity contribution in [1.29, 1.82) is 0 Å². The van der Waals surface area contributed by atoms with E-state index < -0.39 is 0 Å². The van der Waals surface area contributed by atoms with Gasteiger partial charge in [0.15, 0.2) is 0 Å². The number of methoxy groups -OCH3 is 3. The third-order valence-electron chi connectivity index (χ3n) is 4.53. The number of anilines is 1. The summed E-state index contributed by atoms with van der Waals surface area (Å²) in [6.07, 6.45) is 4.15. The Bertz CT molecular complexity index is 922. The molecule has 2 aromatic carbocycles. The van der Waals surface area contributed by atoms with Crippen LogP contribution in [0.3, 0.4) is 0 Å². The van der Waals surface area contributed by atoms with Crippen LogP contribution in [0, 0.1) is 0 Å². The fourth-order valence-corrected chi connectivity index (χ4v) is 3.09. The van der Waals surface area contributed by atoms with E-state index in [9.17, 15) is 4.79 Å². The lowest BCUT2D eigenvalue weighted by Crippen LogP contribution is -2.20. The zero-order valence-corrected chi connectivity index (χ0v) is 16.2. The fraction of sp³-hybridized carbons (Fsp3) is 0.227. The summed E-state index contributed by atoms with van der Waals surface area (Å²) >= 11 is 0. The Morgan fingerprint density at radius 1 is 0.929 bits per heavy atom. The molecule has 0 radical (unpaired) electrons. The number of amides is 1. The van der Waals surface area contributed by atoms with Gasteiger partial charge in [-0.3, -0.25) is 4.79 Å². The smallest absolute Gasteiger partial charge is 0.226 e. The Kier molecular flexibility index (Phi) is 6.22. The average molecular weight is 380 g/mol. The monoisotopic (exact) mass is 380 g/mol. The minimum atomic E-state index is -0.165. The molecule has 0 aliphatic heterocycles. The Morgan fingerprint density at radius 2 is 1.64 bits per heavy atom. The Morgan fingerprint density at radius 3 is 2.32 bits per heavy atom. The fourth-order valence-electron chi connectivity index (χ4n) is 3.09. The van der Waals surface area contributed by atoms with Crippen LogP contribution in [-0.2, 0) is 4.79 Å². The first kappa shape index (κ1) is 19.4. The molecule has 0 spiro atoms. The average Bonchev–Trinajstić information content (AvgIpc) is 3.26. The van der Waals surface area contributed by atoms with Crippen molar-refractivity contribution in [3.63, 3.8) is 0 Å². The van der Waals surface area contributed by atoms with Crippen LogP contribution in [0.2, 0.25) is 0 Å². The maximum absolute atomic E-state index is 12.9. The van der Waals surface area contributed by atoms with Gasteiger partial charge in [-0.2, -0.15) is 0 Å². The van der Waals surface area contributed by atoms with Crippen LogP contribution in [0.1, 0.15) is 18.0 Å². The maximum Gasteiger partial charge on any atom is 0.226 e. The second-order valence-corrected chi connectivity index (χ2v) is 6.24. The Hall–Kier alpha value is -3.41. The molecular weight excluding hydrogens is 356 g/mol. The van der Waals surface area contributed by atoms with Crippen LogP contribution in [-0.4, -0.2) is 31.8 Å². The van der Waals surface area contributed by atoms with Crippen molar-refractivity contribution in [3.8, 4) is 17.2 Å². The highest BCUT2D eigenvalue weighted by atomic mass is 16.5. The third kappa shape index (κ3) is 4.46. The Balaban J connectivity index is 1.84. The molecule has 1 heterocycles. The van der Waals surface area contributed by atoms with Crippen LogP contribution in [0.5, 0.6) is 17.2 Å². The van der Waals surface area contributed by atoms with Gasteiger partial charge in [-0.05, 0) is 42.0 Å². The molecule has 6 heteroatoms. The second kappa shape index (κ2) is 8.99. The molecule has 0 aliphatic carbocycles. The van der Waals surface area contributed by atoms with E-state index in [-0.39, 0.29) is 18.4 Å². The standard InChI is InChI=1S/C22H24N2O4/c1-26-17-8-6-7-16(13-17)20(24-11-4-5-12-24)15-22(25)23-19-14-18(27-2)9-10-21(19)28-3/h4-14,20H,15H2,1-3H3,(H,23,25)/t20-/m1/s1. The van der Waals surface area contributed by atoms with Crippen molar-refractivity contribution in [1.82, 2.24) is 4.57 Å². The van der Waals surface area contributed by atoms with E-state index in [1.807, 2.05) is 53.4 Å². The van der Waals surface area contributed by atoms with Gasteiger partial charge in [0.2, 0.25) is 5.91 Å². The van der Waals surface area contributed by atoms with E-state index in [1.54, 1.807) is 39.5 Å². The Labute approximate surface area is 164 Å². The summed E-state index contributed by atoms with van der Waals surface area (Å²) < 4.78 is 17.9. The van der Waals surface area contributed by atoms with Gasteiger partial charge < -0.3 is 24.1 Å². The molecule has 1 aromatic heterocycles. The number of hydrogen-bond acceptors (Lipinski definition) is 4. The minimum Gasteiger partial charge on any atom is -0.497 e. The number of ether oxygens (including phenoxy) is 3. The van der Waals surface area contributed by atoms with Gasteiger partial charge in [0, 0.05) is 18.5 Å². The quantitative estimate of drug-likeness (QED) is 0.638. The number of nitrogens with zero attached hydrogens (tertiary/aromatic N) is 1. The predicted octanol–water partition coefficient (Wildman–Crippen LogP) is 4.13. The largest absolute Gasteiger partial charge is 0.497 e. The van der Waals surface area contributed by atoms with Gasteiger partial charge in [-0.1, -0.05) is 12.1 Å². The van der Waals surface area contributed by atoms with Crippen molar-refractivity contribution in [3.05, 3.63) is 72.6 Å². The lowest BCUT2D eigenvalue weighted by molar-refractivity contribution is -0.116. The van der Waals surface area contributed by atoms with Crippen LogP contribution >= 0.6 is 0 Å². The number of aromatic nitrogens is 1. The van der Waals surface area contributed by atoms with E-state index in [4.69, 9.17) is 14.2 Å². The van der Waals surface area contributed by atoms with E-state index in [0.717, 1.165) is 11.3 Å². The molecule has 1 amide bonds. The van der Waals surface area contributed by atoms with Gasteiger partial charge >= 0.3 is 0 Å². The number of rotatable bonds is 8. The van der Waals surface area contributed by atoms with Crippen LogP contribution in [0.25, 0.3) is 0 Å². The molecule has 1 N–H and O–H groups in total. The summed E-state index contributed by atoms with van der Waals surface area (Å²) in [7, 11) is 4.78. The van der Waals surface area contributed by atoms with E-state index in [1.165, 1.54) is 0 Å². The zero-order chi connectivity index (χ0) is 19.9. The van der Waals surface area contributed by atoms with E-state index >= 15 is 0 Å². The van der Waals surface area contributed by atoms with Crippen LogP contribution in [0.15, 0.2) is 67.0 Å². The third-order valence-corrected chi connectivity index (χ3v) is 4.53. The predicted molar refractivity (Wildman–Crippen MR) is 108 cm³/mol. The summed E-state index contributed by atoms with van der Waals surface area (Å²) in [6.45, 7) is 0. The number of carbonyl (C=O) groups excluding carboxylic acids is 1.